The molecule has 31 heavy (non-hydrogen) atoms. The standard InChI is InChI=1S/C20H29BF3NO5Si/c1-18(2)19(3,4)30-21(29-18)14-9-8-13(20(22,23)24)15-16(14)28-17(26)25(15)12-27-10-11-31(5,6)7/h8-9H,10-12H2,1-7H3. The lowest BCUT2D eigenvalue weighted by molar-refractivity contribution is -0.136. The van der Waals surface area contributed by atoms with Crippen molar-refractivity contribution in [3.8, 4) is 0 Å². The van der Waals surface area contributed by atoms with Crippen LogP contribution in [0.15, 0.2) is 21.3 Å². The van der Waals surface area contributed by atoms with Gasteiger partial charge in [-0.3, -0.25) is 0 Å². The Labute approximate surface area is 180 Å². The highest BCUT2D eigenvalue weighted by Gasteiger charge is 2.53. The third kappa shape index (κ3) is 4.79. The van der Waals surface area contributed by atoms with Crippen molar-refractivity contribution in [3.63, 3.8) is 0 Å². The van der Waals surface area contributed by atoms with Gasteiger partial charge in [-0.25, -0.2) is 9.36 Å². The summed E-state index contributed by atoms with van der Waals surface area (Å²) >= 11 is 0. The number of oxazole rings is 1. The van der Waals surface area contributed by atoms with E-state index in [1.165, 1.54) is 6.07 Å². The number of aromatic nitrogens is 1. The van der Waals surface area contributed by atoms with Crippen LogP contribution in [-0.4, -0.2) is 37.6 Å². The van der Waals surface area contributed by atoms with Gasteiger partial charge in [-0.2, -0.15) is 13.2 Å². The zero-order chi connectivity index (χ0) is 23.4. The predicted octanol–water partition coefficient (Wildman–Crippen LogP) is 4.22. The van der Waals surface area contributed by atoms with E-state index >= 15 is 0 Å². The normalized spacial score (nSPS) is 18.8. The van der Waals surface area contributed by atoms with Crippen LogP contribution in [0.25, 0.3) is 11.1 Å². The minimum absolute atomic E-state index is 0.202. The van der Waals surface area contributed by atoms with Gasteiger partial charge in [0.2, 0.25) is 0 Å². The summed E-state index contributed by atoms with van der Waals surface area (Å²) in [6.07, 6.45) is -4.68. The first kappa shape index (κ1) is 24.1. The maximum absolute atomic E-state index is 13.8. The van der Waals surface area contributed by atoms with Gasteiger partial charge in [-0.1, -0.05) is 25.7 Å². The lowest BCUT2D eigenvalue weighted by Crippen LogP contribution is -2.41. The Morgan fingerprint density at radius 3 is 2.19 bits per heavy atom. The smallest absolute Gasteiger partial charge is 0.408 e. The van der Waals surface area contributed by atoms with E-state index in [1.54, 1.807) is 0 Å². The maximum atomic E-state index is 13.8. The first-order chi connectivity index (χ1) is 14.0. The van der Waals surface area contributed by atoms with Crippen LogP contribution in [0.3, 0.4) is 0 Å². The summed E-state index contributed by atoms with van der Waals surface area (Å²) in [5, 5.41) is 0. The Morgan fingerprint density at radius 1 is 1.10 bits per heavy atom. The number of hydrogen-bond acceptors (Lipinski definition) is 5. The van der Waals surface area contributed by atoms with Crippen molar-refractivity contribution < 1.29 is 31.6 Å². The maximum Gasteiger partial charge on any atom is 0.498 e. The second kappa shape index (κ2) is 7.79. The highest BCUT2D eigenvalue weighted by molar-refractivity contribution is 6.76. The molecule has 0 N–H and O–H groups in total. The predicted molar refractivity (Wildman–Crippen MR) is 115 cm³/mol. The fourth-order valence-corrected chi connectivity index (χ4v) is 3.99. The number of alkyl halides is 3. The summed E-state index contributed by atoms with van der Waals surface area (Å²) in [5.41, 5.74) is -2.70. The second-order valence-electron chi connectivity index (χ2n) is 10.1. The van der Waals surface area contributed by atoms with Gasteiger partial charge in [0.1, 0.15) is 12.2 Å². The minimum atomic E-state index is -4.68. The molecule has 0 amide bonds. The molecular weight excluding hydrogens is 430 g/mol. The number of benzene rings is 1. The van der Waals surface area contributed by atoms with Crippen molar-refractivity contribution in [2.75, 3.05) is 6.61 Å². The van der Waals surface area contributed by atoms with Crippen molar-refractivity contribution in [1.29, 1.82) is 0 Å². The Bertz CT molecular complexity index is 1010. The zero-order valence-electron chi connectivity index (χ0n) is 19.0. The molecule has 11 heteroatoms. The summed E-state index contributed by atoms with van der Waals surface area (Å²) in [6, 6.07) is 2.99. The molecule has 0 spiro atoms. The molecule has 2 heterocycles. The molecule has 0 bridgehead atoms. The van der Waals surface area contributed by atoms with E-state index < -0.39 is 43.9 Å². The van der Waals surface area contributed by atoms with Gasteiger partial charge in [0.05, 0.1) is 16.8 Å². The molecule has 6 nitrogen and oxygen atoms in total. The van der Waals surface area contributed by atoms with E-state index in [1.807, 2.05) is 27.7 Å². The largest absolute Gasteiger partial charge is 0.498 e. The monoisotopic (exact) mass is 459 g/mol. The number of halogens is 3. The van der Waals surface area contributed by atoms with Gasteiger partial charge in [0.25, 0.3) is 0 Å². The van der Waals surface area contributed by atoms with E-state index in [2.05, 4.69) is 19.6 Å². The summed E-state index contributed by atoms with van der Waals surface area (Å²) in [5.74, 6) is -0.919. The molecule has 0 atom stereocenters. The molecular formula is C20H29BF3NO5Si. The van der Waals surface area contributed by atoms with Crippen LogP contribution < -0.4 is 11.2 Å². The van der Waals surface area contributed by atoms with Crippen molar-refractivity contribution in [3.05, 3.63) is 28.2 Å². The molecule has 1 fully saturated rings. The lowest BCUT2D eigenvalue weighted by atomic mass is 9.78. The van der Waals surface area contributed by atoms with E-state index in [0.29, 0.717) is 6.61 Å². The van der Waals surface area contributed by atoms with Crippen LogP contribution in [-0.2, 0) is 27.0 Å². The molecule has 0 unspecified atom stereocenters. The van der Waals surface area contributed by atoms with Gasteiger partial charge >= 0.3 is 19.1 Å². The van der Waals surface area contributed by atoms with Crippen LogP contribution >= 0.6 is 0 Å². The van der Waals surface area contributed by atoms with Crippen LogP contribution in [0.5, 0.6) is 0 Å². The Balaban J connectivity index is 2.05. The highest BCUT2D eigenvalue weighted by atomic mass is 28.3. The molecule has 1 aromatic heterocycles. The molecule has 3 rings (SSSR count). The van der Waals surface area contributed by atoms with Crippen LogP contribution in [0.2, 0.25) is 25.7 Å². The van der Waals surface area contributed by atoms with Crippen LogP contribution in [0.1, 0.15) is 33.3 Å². The van der Waals surface area contributed by atoms with Crippen molar-refractivity contribution in [2.45, 2.75) is 77.5 Å². The van der Waals surface area contributed by atoms with Crippen molar-refractivity contribution in [1.82, 2.24) is 4.57 Å². The number of nitrogens with zero attached hydrogens (tertiary/aromatic N) is 1. The van der Waals surface area contributed by atoms with Gasteiger partial charge in [-0.05, 0) is 39.8 Å². The second-order valence-corrected chi connectivity index (χ2v) is 15.7. The van der Waals surface area contributed by atoms with E-state index in [0.717, 1.165) is 16.7 Å². The lowest BCUT2D eigenvalue weighted by Gasteiger charge is -2.32. The minimum Gasteiger partial charge on any atom is -0.408 e. The average molecular weight is 459 g/mol. The molecule has 0 radical (unpaired) electrons. The molecule has 2 aromatic rings. The van der Waals surface area contributed by atoms with Gasteiger partial charge < -0.3 is 18.5 Å². The summed E-state index contributed by atoms with van der Waals surface area (Å²) < 4.78 is 64.9. The summed E-state index contributed by atoms with van der Waals surface area (Å²) in [7, 11) is -2.36. The van der Waals surface area contributed by atoms with Crippen LogP contribution in [0, 0.1) is 0 Å². The molecule has 1 aromatic carbocycles. The number of hydrogen-bond donors (Lipinski definition) is 0. The molecule has 1 aliphatic rings. The number of ether oxygens (including phenoxy) is 1. The fraction of sp³-hybridized carbons (Fsp3) is 0.650. The van der Waals surface area contributed by atoms with Gasteiger partial charge in [-0.15, -0.1) is 0 Å². The first-order valence-electron chi connectivity index (χ1n) is 10.2. The van der Waals surface area contributed by atoms with Crippen molar-refractivity contribution in [2.24, 2.45) is 0 Å². The molecule has 1 saturated heterocycles. The number of rotatable bonds is 6. The Hall–Kier alpha value is -1.56. The Morgan fingerprint density at radius 2 is 1.68 bits per heavy atom. The third-order valence-electron chi connectivity index (χ3n) is 5.87. The molecule has 172 valence electrons. The zero-order valence-corrected chi connectivity index (χ0v) is 20.0. The fourth-order valence-electron chi connectivity index (χ4n) is 3.23. The summed E-state index contributed by atoms with van der Waals surface area (Å²) in [6.45, 7) is 13.9. The third-order valence-corrected chi connectivity index (χ3v) is 7.58. The van der Waals surface area contributed by atoms with E-state index in [-0.39, 0.29) is 23.3 Å². The molecule has 0 aliphatic carbocycles. The van der Waals surface area contributed by atoms with Gasteiger partial charge in [0.15, 0.2) is 5.58 Å². The van der Waals surface area contributed by atoms with Crippen LogP contribution in [0.4, 0.5) is 13.2 Å². The quantitative estimate of drug-likeness (QED) is 0.478. The first-order valence-corrected chi connectivity index (χ1v) is 13.9. The Kier molecular flexibility index (Phi) is 6.05. The molecule has 1 aliphatic heterocycles. The SMILES string of the molecule is CC1(C)OB(c2ccc(C(F)(F)F)c3c2oc(=O)n3COCC[Si](C)(C)C)OC1(C)C. The topological polar surface area (TPSA) is 62.8 Å². The molecule has 0 saturated carbocycles. The highest BCUT2D eigenvalue weighted by Crippen LogP contribution is 2.38. The van der Waals surface area contributed by atoms with Crippen molar-refractivity contribution >= 4 is 31.8 Å². The average Bonchev–Trinajstić information content (AvgIpc) is 3.01. The van der Waals surface area contributed by atoms with E-state index in [4.69, 9.17) is 18.5 Å². The number of fused-ring (bicyclic) bond motifs is 1. The van der Waals surface area contributed by atoms with Gasteiger partial charge in [0, 0.05) is 20.1 Å². The van der Waals surface area contributed by atoms with E-state index in [9.17, 15) is 18.0 Å². The summed E-state index contributed by atoms with van der Waals surface area (Å²) in [4.78, 5) is 12.5.